The molecule has 0 unspecified atom stereocenters. The number of aryl methyl sites for hydroxylation is 1. The van der Waals surface area contributed by atoms with Crippen molar-refractivity contribution in [2.24, 2.45) is 0 Å². The number of rotatable bonds is 5. The Bertz CT molecular complexity index is 929. The van der Waals surface area contributed by atoms with Crippen LogP contribution in [0.15, 0.2) is 18.2 Å². The molecule has 1 aromatic heterocycles. The second-order valence-electron chi connectivity index (χ2n) is 6.92. The van der Waals surface area contributed by atoms with Gasteiger partial charge in [-0.25, -0.2) is 4.79 Å². The number of carbonyl (C=O) groups excluding carboxylic acids is 1. The number of carbonyl (C=O) groups is 1. The summed E-state index contributed by atoms with van der Waals surface area (Å²) in [6.45, 7) is 4.08. The molecule has 0 atom stereocenters. The van der Waals surface area contributed by atoms with Gasteiger partial charge in [-0.3, -0.25) is 10.1 Å². The van der Waals surface area contributed by atoms with Gasteiger partial charge in [0.05, 0.1) is 17.1 Å². The summed E-state index contributed by atoms with van der Waals surface area (Å²) in [4.78, 5) is 23.3. The highest BCUT2D eigenvalue weighted by Crippen LogP contribution is 2.38. The van der Waals surface area contributed by atoms with Crippen molar-refractivity contribution in [2.45, 2.75) is 45.9 Å². The van der Waals surface area contributed by atoms with Gasteiger partial charge >= 0.3 is 5.97 Å². The number of ether oxygens (including phenoxy) is 3. The van der Waals surface area contributed by atoms with Crippen molar-refractivity contribution in [3.05, 3.63) is 56.4 Å². The van der Waals surface area contributed by atoms with Crippen LogP contribution < -0.4 is 4.74 Å². The Labute approximate surface area is 155 Å². The van der Waals surface area contributed by atoms with E-state index in [-0.39, 0.29) is 25.7 Å². The number of non-ortho nitro benzene ring substituents is 1. The summed E-state index contributed by atoms with van der Waals surface area (Å²) in [5.74, 6) is 0.0467. The fourth-order valence-corrected chi connectivity index (χ4v) is 3.59. The number of hydrogen-bond acceptors (Lipinski definition) is 6. The van der Waals surface area contributed by atoms with Crippen LogP contribution in [-0.2, 0) is 22.7 Å². The summed E-state index contributed by atoms with van der Waals surface area (Å²) in [5, 5.41) is 11.2. The van der Waals surface area contributed by atoms with Crippen molar-refractivity contribution in [3.8, 4) is 5.75 Å². The third-order valence-corrected chi connectivity index (χ3v) is 4.96. The highest BCUT2D eigenvalue weighted by Gasteiger charge is 2.29. The Balaban J connectivity index is 1.56. The Hall–Kier alpha value is -2.87. The Morgan fingerprint density at radius 1 is 1.33 bits per heavy atom. The molecule has 8 nitrogen and oxygen atoms in total. The first-order valence-electron chi connectivity index (χ1n) is 8.82. The van der Waals surface area contributed by atoms with Crippen molar-refractivity contribution in [3.63, 3.8) is 0 Å². The second-order valence-corrected chi connectivity index (χ2v) is 6.92. The lowest BCUT2D eigenvalue weighted by atomic mass is 10.1. The maximum Gasteiger partial charge on any atom is 0.340 e. The molecule has 4 rings (SSSR count). The average molecular weight is 372 g/mol. The molecule has 0 N–H and O–H groups in total. The van der Waals surface area contributed by atoms with Crippen molar-refractivity contribution < 1.29 is 23.9 Å². The standard InChI is InChI=1S/C19H20N2O6/c1-11-5-17(12(2)20(11)15-3-4-15)19(22)26-9-14-7-16(21(23)24)6-13-8-25-10-27-18(13)14/h5-7,15H,3-4,8-10H2,1-2H3. The second kappa shape index (κ2) is 6.70. The van der Waals surface area contributed by atoms with Crippen LogP contribution in [0.1, 0.15) is 51.8 Å². The number of benzene rings is 1. The van der Waals surface area contributed by atoms with E-state index in [0.29, 0.717) is 28.5 Å². The molecule has 0 saturated heterocycles. The van der Waals surface area contributed by atoms with Crippen LogP contribution in [0.4, 0.5) is 5.69 Å². The zero-order valence-electron chi connectivity index (χ0n) is 15.2. The number of nitrogens with zero attached hydrogens (tertiary/aromatic N) is 2. The molecule has 0 amide bonds. The molecule has 2 aliphatic rings. The topological polar surface area (TPSA) is 92.8 Å². The van der Waals surface area contributed by atoms with Gasteiger partial charge in [0.15, 0.2) is 6.79 Å². The summed E-state index contributed by atoms with van der Waals surface area (Å²) in [7, 11) is 0. The SMILES string of the molecule is Cc1cc(C(=O)OCc2cc([N+](=O)[O-])cc3c2OCOC3)c(C)n1C1CC1. The van der Waals surface area contributed by atoms with Crippen LogP contribution in [0, 0.1) is 24.0 Å². The first-order chi connectivity index (χ1) is 13.0. The van der Waals surface area contributed by atoms with Gasteiger partial charge in [-0.1, -0.05) is 0 Å². The molecule has 142 valence electrons. The minimum atomic E-state index is -0.483. The lowest BCUT2D eigenvalue weighted by Crippen LogP contribution is -2.15. The van der Waals surface area contributed by atoms with Crippen LogP contribution in [0.5, 0.6) is 5.75 Å². The van der Waals surface area contributed by atoms with E-state index < -0.39 is 10.9 Å². The van der Waals surface area contributed by atoms with Crippen molar-refractivity contribution >= 4 is 11.7 Å². The highest BCUT2D eigenvalue weighted by atomic mass is 16.7. The molecule has 1 saturated carbocycles. The number of hydrogen-bond donors (Lipinski definition) is 0. The van der Waals surface area contributed by atoms with E-state index >= 15 is 0 Å². The molecule has 8 heteroatoms. The van der Waals surface area contributed by atoms with E-state index in [2.05, 4.69) is 4.57 Å². The number of nitro groups is 1. The Kier molecular flexibility index (Phi) is 4.35. The van der Waals surface area contributed by atoms with Crippen LogP contribution in [0.2, 0.25) is 0 Å². The molecule has 1 aliphatic carbocycles. The van der Waals surface area contributed by atoms with Crippen molar-refractivity contribution in [2.75, 3.05) is 6.79 Å². The molecule has 27 heavy (non-hydrogen) atoms. The quantitative estimate of drug-likeness (QED) is 0.452. The zero-order chi connectivity index (χ0) is 19.1. The van der Waals surface area contributed by atoms with Crippen LogP contribution in [-0.4, -0.2) is 22.3 Å². The number of fused-ring (bicyclic) bond motifs is 1. The Morgan fingerprint density at radius 2 is 2.11 bits per heavy atom. The fraction of sp³-hybridized carbons (Fsp3) is 0.421. The van der Waals surface area contributed by atoms with Crippen LogP contribution in [0.25, 0.3) is 0 Å². The first-order valence-corrected chi connectivity index (χ1v) is 8.82. The summed E-state index contributed by atoms with van der Waals surface area (Å²) in [6, 6.07) is 5.11. The monoisotopic (exact) mass is 372 g/mol. The van der Waals surface area contributed by atoms with Gasteiger partial charge in [-0.2, -0.15) is 0 Å². The predicted octanol–water partition coefficient (Wildman–Crippen LogP) is 3.57. The minimum Gasteiger partial charge on any atom is -0.467 e. The summed E-state index contributed by atoms with van der Waals surface area (Å²) >= 11 is 0. The van der Waals surface area contributed by atoms with E-state index in [9.17, 15) is 14.9 Å². The molecule has 2 aromatic rings. The van der Waals surface area contributed by atoms with Crippen molar-refractivity contribution in [1.82, 2.24) is 4.57 Å². The molecule has 0 radical (unpaired) electrons. The van der Waals surface area contributed by atoms with Gasteiger partial charge in [-0.15, -0.1) is 0 Å². The number of esters is 1. The highest BCUT2D eigenvalue weighted by molar-refractivity contribution is 5.91. The lowest BCUT2D eigenvalue weighted by molar-refractivity contribution is -0.385. The number of nitro benzene ring substituents is 1. The zero-order valence-corrected chi connectivity index (χ0v) is 15.2. The molecule has 0 bridgehead atoms. The average Bonchev–Trinajstić information content (AvgIpc) is 3.43. The van der Waals surface area contributed by atoms with Gasteiger partial charge in [0.25, 0.3) is 5.69 Å². The molecular weight excluding hydrogens is 352 g/mol. The summed E-state index contributed by atoms with van der Waals surface area (Å²) in [5.41, 5.74) is 3.42. The van der Waals surface area contributed by atoms with Gasteiger partial charge in [0, 0.05) is 40.7 Å². The molecule has 2 heterocycles. The van der Waals surface area contributed by atoms with Gasteiger partial charge in [0.1, 0.15) is 12.4 Å². The van der Waals surface area contributed by atoms with E-state index in [0.717, 1.165) is 24.2 Å². The molecule has 1 aromatic carbocycles. The summed E-state index contributed by atoms with van der Waals surface area (Å²) < 4.78 is 18.3. The molecule has 0 spiro atoms. The van der Waals surface area contributed by atoms with Gasteiger partial charge < -0.3 is 18.8 Å². The summed E-state index contributed by atoms with van der Waals surface area (Å²) in [6.07, 6.45) is 2.26. The van der Waals surface area contributed by atoms with Crippen LogP contribution in [0.3, 0.4) is 0 Å². The smallest absolute Gasteiger partial charge is 0.340 e. The molecule has 1 aliphatic heterocycles. The number of aromatic nitrogens is 1. The minimum absolute atomic E-state index is 0.0638. The van der Waals surface area contributed by atoms with Crippen LogP contribution >= 0.6 is 0 Å². The maximum absolute atomic E-state index is 12.6. The fourth-order valence-electron chi connectivity index (χ4n) is 3.59. The third kappa shape index (κ3) is 3.28. The van der Waals surface area contributed by atoms with E-state index in [4.69, 9.17) is 14.2 Å². The molecule has 1 fully saturated rings. The van der Waals surface area contributed by atoms with Gasteiger partial charge in [0.2, 0.25) is 0 Å². The largest absolute Gasteiger partial charge is 0.467 e. The van der Waals surface area contributed by atoms with Crippen molar-refractivity contribution in [1.29, 1.82) is 0 Å². The van der Waals surface area contributed by atoms with Gasteiger partial charge in [-0.05, 0) is 32.8 Å². The first kappa shape index (κ1) is 17.5. The third-order valence-electron chi connectivity index (χ3n) is 4.96. The van der Waals surface area contributed by atoms with E-state index in [1.165, 1.54) is 12.1 Å². The Morgan fingerprint density at radius 3 is 2.81 bits per heavy atom. The van der Waals surface area contributed by atoms with E-state index in [1.807, 2.05) is 19.9 Å². The molecular formula is C19H20N2O6. The normalized spacial score (nSPS) is 15.8. The lowest BCUT2D eigenvalue weighted by Gasteiger charge is -2.20. The maximum atomic E-state index is 12.6. The van der Waals surface area contributed by atoms with E-state index in [1.54, 1.807) is 0 Å². The predicted molar refractivity (Wildman–Crippen MR) is 94.7 cm³/mol.